The number of hydrogen-bond acceptors (Lipinski definition) is 1. The Balaban J connectivity index is 4.24. The average Bonchev–Trinajstić information content (AvgIpc) is 1.98. The zero-order chi connectivity index (χ0) is 9.72. The standard InChI is InChI=1S/C8H12Cl2O2/c1-5(2)7(8(11)12)3-6(10)4-9/h4-5,7H,3H2,1-2H3,(H,11,12)/b6-4-. The van der Waals surface area contributed by atoms with Crippen molar-refractivity contribution in [2.24, 2.45) is 11.8 Å². The van der Waals surface area contributed by atoms with Gasteiger partial charge >= 0.3 is 5.97 Å². The summed E-state index contributed by atoms with van der Waals surface area (Å²) >= 11 is 10.9. The predicted molar refractivity (Wildman–Crippen MR) is 50.4 cm³/mol. The maximum Gasteiger partial charge on any atom is 0.307 e. The Bertz CT molecular complexity index is 187. The van der Waals surface area contributed by atoms with Crippen molar-refractivity contribution in [2.45, 2.75) is 20.3 Å². The van der Waals surface area contributed by atoms with E-state index in [1.807, 2.05) is 13.8 Å². The molecule has 0 fully saturated rings. The lowest BCUT2D eigenvalue weighted by atomic mass is 9.93. The molecule has 0 bridgehead atoms. The Morgan fingerprint density at radius 1 is 1.58 bits per heavy atom. The van der Waals surface area contributed by atoms with Crippen LogP contribution in [-0.4, -0.2) is 11.1 Å². The topological polar surface area (TPSA) is 37.3 Å². The molecule has 0 aliphatic carbocycles. The van der Waals surface area contributed by atoms with Crippen LogP contribution in [0.2, 0.25) is 0 Å². The molecule has 0 aliphatic rings. The second-order valence-corrected chi connectivity index (χ2v) is 3.65. The van der Waals surface area contributed by atoms with Gasteiger partial charge < -0.3 is 5.11 Å². The molecule has 1 unspecified atom stereocenters. The first kappa shape index (κ1) is 11.8. The summed E-state index contributed by atoms with van der Waals surface area (Å²) in [5.41, 5.74) is 1.21. The Morgan fingerprint density at radius 2 is 2.08 bits per heavy atom. The molecule has 1 N–H and O–H groups in total. The Morgan fingerprint density at radius 3 is 2.33 bits per heavy atom. The molecule has 4 heteroatoms. The van der Waals surface area contributed by atoms with Gasteiger partial charge in [0.05, 0.1) is 5.92 Å². The van der Waals surface area contributed by atoms with Gasteiger partial charge in [0.1, 0.15) is 0 Å². The first-order valence-corrected chi connectivity index (χ1v) is 4.48. The summed E-state index contributed by atoms with van der Waals surface area (Å²) in [6.45, 7) is 3.69. The second kappa shape index (κ2) is 5.44. The molecule has 0 amide bonds. The molecule has 70 valence electrons. The van der Waals surface area contributed by atoms with Gasteiger partial charge in [0.25, 0.3) is 0 Å². The zero-order valence-electron chi connectivity index (χ0n) is 7.05. The number of carbonyl (C=O) groups is 1. The van der Waals surface area contributed by atoms with E-state index in [1.165, 1.54) is 5.54 Å². The third-order valence-electron chi connectivity index (χ3n) is 1.66. The van der Waals surface area contributed by atoms with E-state index in [1.54, 1.807) is 0 Å². The fourth-order valence-corrected chi connectivity index (χ4v) is 1.12. The fraction of sp³-hybridized carbons (Fsp3) is 0.625. The molecule has 0 rings (SSSR count). The van der Waals surface area contributed by atoms with Crippen LogP contribution in [0.25, 0.3) is 0 Å². The van der Waals surface area contributed by atoms with E-state index in [0.29, 0.717) is 11.5 Å². The van der Waals surface area contributed by atoms with Crippen LogP contribution < -0.4 is 0 Å². The maximum atomic E-state index is 10.7. The van der Waals surface area contributed by atoms with Gasteiger partial charge in [0, 0.05) is 10.6 Å². The van der Waals surface area contributed by atoms with Crippen LogP contribution in [-0.2, 0) is 4.79 Å². The highest BCUT2D eigenvalue weighted by atomic mass is 35.5. The largest absolute Gasteiger partial charge is 0.481 e. The van der Waals surface area contributed by atoms with E-state index < -0.39 is 11.9 Å². The second-order valence-electron chi connectivity index (χ2n) is 2.95. The summed E-state index contributed by atoms with van der Waals surface area (Å²) in [6.07, 6.45) is 0.304. The highest BCUT2D eigenvalue weighted by Gasteiger charge is 2.21. The molecular weight excluding hydrogens is 199 g/mol. The fourth-order valence-electron chi connectivity index (χ4n) is 0.863. The molecule has 1 atom stereocenters. The number of aliphatic carboxylic acids is 1. The predicted octanol–water partition coefficient (Wildman–Crippen LogP) is 3.05. The Hall–Kier alpha value is -0.210. The van der Waals surface area contributed by atoms with Crippen molar-refractivity contribution < 1.29 is 9.90 Å². The van der Waals surface area contributed by atoms with Gasteiger partial charge in [-0.05, 0) is 12.3 Å². The average molecular weight is 211 g/mol. The van der Waals surface area contributed by atoms with Crippen LogP contribution in [0.3, 0.4) is 0 Å². The molecule has 0 spiro atoms. The number of rotatable bonds is 4. The minimum Gasteiger partial charge on any atom is -0.481 e. The van der Waals surface area contributed by atoms with Crippen molar-refractivity contribution >= 4 is 29.2 Å². The van der Waals surface area contributed by atoms with Gasteiger partial charge in [-0.25, -0.2) is 0 Å². The van der Waals surface area contributed by atoms with Crippen molar-refractivity contribution in [2.75, 3.05) is 0 Å². The summed E-state index contributed by atoms with van der Waals surface area (Å²) in [7, 11) is 0. The smallest absolute Gasteiger partial charge is 0.307 e. The first-order valence-electron chi connectivity index (χ1n) is 3.66. The van der Waals surface area contributed by atoms with E-state index >= 15 is 0 Å². The van der Waals surface area contributed by atoms with E-state index in [0.717, 1.165) is 0 Å². The minimum atomic E-state index is -0.832. The summed E-state index contributed by atoms with van der Waals surface area (Å²) in [5, 5.41) is 9.15. The number of halogens is 2. The number of carboxylic acid groups (broad SMARTS) is 1. The number of hydrogen-bond donors (Lipinski definition) is 1. The van der Waals surface area contributed by atoms with Crippen LogP contribution >= 0.6 is 23.2 Å². The van der Waals surface area contributed by atoms with Gasteiger partial charge in [0.2, 0.25) is 0 Å². The van der Waals surface area contributed by atoms with Crippen molar-refractivity contribution in [1.82, 2.24) is 0 Å². The lowest BCUT2D eigenvalue weighted by molar-refractivity contribution is -0.143. The monoisotopic (exact) mass is 210 g/mol. The van der Waals surface area contributed by atoms with Gasteiger partial charge in [-0.3, -0.25) is 4.79 Å². The SMILES string of the molecule is CC(C)C(C/C(Cl)=C/Cl)C(=O)O. The van der Waals surface area contributed by atoms with Crippen LogP contribution in [0.1, 0.15) is 20.3 Å². The van der Waals surface area contributed by atoms with Gasteiger partial charge in [-0.1, -0.05) is 37.0 Å². The molecule has 0 aromatic carbocycles. The molecule has 0 saturated heterocycles. The quantitative estimate of drug-likeness (QED) is 0.775. The molecule has 0 radical (unpaired) electrons. The van der Waals surface area contributed by atoms with Crippen LogP contribution in [0.5, 0.6) is 0 Å². The molecule has 0 aliphatic heterocycles. The summed E-state index contributed by atoms with van der Waals surface area (Å²) in [6, 6.07) is 0. The summed E-state index contributed by atoms with van der Waals surface area (Å²) < 4.78 is 0. The first-order chi connectivity index (χ1) is 5.49. The normalized spacial score (nSPS) is 14.9. The minimum absolute atomic E-state index is 0.0628. The number of allylic oxidation sites excluding steroid dienone is 1. The van der Waals surface area contributed by atoms with Gasteiger partial charge in [0.15, 0.2) is 0 Å². The van der Waals surface area contributed by atoms with E-state index in [9.17, 15) is 4.79 Å². The molecule has 12 heavy (non-hydrogen) atoms. The van der Waals surface area contributed by atoms with Gasteiger partial charge in [-0.15, -0.1) is 0 Å². The molecule has 2 nitrogen and oxygen atoms in total. The molecule has 0 aromatic rings. The Kier molecular flexibility index (Phi) is 5.34. The third kappa shape index (κ3) is 3.98. The highest BCUT2D eigenvalue weighted by molar-refractivity contribution is 6.36. The molecular formula is C8H12Cl2O2. The zero-order valence-corrected chi connectivity index (χ0v) is 8.56. The van der Waals surface area contributed by atoms with Crippen molar-refractivity contribution in [1.29, 1.82) is 0 Å². The van der Waals surface area contributed by atoms with E-state index in [4.69, 9.17) is 28.3 Å². The van der Waals surface area contributed by atoms with E-state index in [-0.39, 0.29) is 5.92 Å². The number of carboxylic acids is 1. The van der Waals surface area contributed by atoms with Crippen molar-refractivity contribution in [3.63, 3.8) is 0 Å². The summed E-state index contributed by atoms with van der Waals surface area (Å²) in [4.78, 5) is 10.7. The third-order valence-corrected chi connectivity index (χ3v) is 2.29. The van der Waals surface area contributed by atoms with Crippen molar-refractivity contribution in [3.8, 4) is 0 Å². The van der Waals surface area contributed by atoms with Gasteiger partial charge in [-0.2, -0.15) is 0 Å². The lowest BCUT2D eigenvalue weighted by Gasteiger charge is -2.14. The van der Waals surface area contributed by atoms with Crippen LogP contribution in [0.15, 0.2) is 10.6 Å². The molecule has 0 aromatic heterocycles. The molecule has 0 saturated carbocycles. The van der Waals surface area contributed by atoms with Crippen LogP contribution in [0, 0.1) is 11.8 Å². The highest BCUT2D eigenvalue weighted by Crippen LogP contribution is 2.22. The van der Waals surface area contributed by atoms with Crippen LogP contribution in [0.4, 0.5) is 0 Å². The summed E-state index contributed by atoms with van der Waals surface area (Å²) in [5.74, 6) is -1.22. The maximum absolute atomic E-state index is 10.7. The Labute approximate surface area is 82.2 Å². The molecule has 0 heterocycles. The lowest BCUT2D eigenvalue weighted by Crippen LogP contribution is -2.19. The van der Waals surface area contributed by atoms with E-state index in [2.05, 4.69) is 0 Å². The van der Waals surface area contributed by atoms with Crippen molar-refractivity contribution in [3.05, 3.63) is 10.6 Å².